The molecule has 1 amide bonds. The number of amides is 1. The largest absolute Gasteiger partial charge is 0.492 e. The standard InChI is InChI=1S/C28H35N3O6S.2ClH/c1-3-36-17-16-30-26-19-23(11-14-25(26)28(33)31-38(2,34)35)21-9-12-24(13-10-21)37-18-15-29-20-27(32)22-7-5-4-6-8-22;;/h4-14,19,27,29-30,32H,3,15-18,20H2,1-2H3,(H,31,33);2*1H/t27-;;/m0../s1. The summed E-state index contributed by atoms with van der Waals surface area (Å²) in [4.78, 5) is 12.5. The maximum atomic E-state index is 12.5. The van der Waals surface area contributed by atoms with Gasteiger partial charge in [-0.15, -0.1) is 24.8 Å². The molecule has 0 aliphatic rings. The van der Waals surface area contributed by atoms with Crippen molar-refractivity contribution >= 4 is 46.4 Å². The van der Waals surface area contributed by atoms with E-state index in [0.29, 0.717) is 50.9 Å². The van der Waals surface area contributed by atoms with Crippen molar-refractivity contribution < 1.29 is 27.8 Å². The minimum absolute atomic E-state index is 0. The molecule has 0 saturated carbocycles. The zero-order valence-electron chi connectivity index (χ0n) is 22.5. The highest BCUT2D eigenvalue weighted by Gasteiger charge is 2.16. The molecule has 1 atom stereocenters. The fraction of sp³-hybridized carbons (Fsp3) is 0.321. The topological polar surface area (TPSA) is 126 Å². The summed E-state index contributed by atoms with van der Waals surface area (Å²) in [5.74, 6) is 0.00461. The summed E-state index contributed by atoms with van der Waals surface area (Å²) in [6, 6.07) is 22.2. The number of benzene rings is 3. The Labute approximate surface area is 248 Å². The van der Waals surface area contributed by atoms with E-state index in [0.717, 1.165) is 22.9 Å². The summed E-state index contributed by atoms with van der Waals surface area (Å²) in [5.41, 5.74) is 3.36. The molecule has 0 unspecified atom stereocenters. The van der Waals surface area contributed by atoms with Crippen molar-refractivity contribution in [2.45, 2.75) is 13.0 Å². The normalized spacial score (nSPS) is 11.5. The van der Waals surface area contributed by atoms with Crippen LogP contribution >= 0.6 is 24.8 Å². The molecule has 9 nitrogen and oxygen atoms in total. The minimum Gasteiger partial charge on any atom is -0.492 e. The summed E-state index contributed by atoms with van der Waals surface area (Å²) in [6.07, 6.45) is 0.368. The predicted octanol–water partition coefficient (Wildman–Crippen LogP) is 4.04. The summed E-state index contributed by atoms with van der Waals surface area (Å²) < 4.78 is 36.3. The van der Waals surface area contributed by atoms with Gasteiger partial charge in [-0.3, -0.25) is 4.79 Å². The smallest absolute Gasteiger partial charge is 0.266 e. The number of ether oxygens (including phenoxy) is 2. The quantitative estimate of drug-likeness (QED) is 0.189. The molecule has 0 aliphatic carbocycles. The predicted molar refractivity (Wildman–Crippen MR) is 163 cm³/mol. The molecule has 0 radical (unpaired) electrons. The van der Waals surface area contributed by atoms with Gasteiger partial charge in [0.1, 0.15) is 12.4 Å². The number of aliphatic hydroxyl groups is 1. The number of anilines is 1. The first-order valence-corrected chi connectivity index (χ1v) is 14.3. The Balaban J connectivity index is 0.00000400. The molecular weight excluding hydrogens is 577 g/mol. The van der Waals surface area contributed by atoms with Crippen LogP contribution in [-0.4, -0.2) is 65.1 Å². The molecule has 40 heavy (non-hydrogen) atoms. The highest BCUT2D eigenvalue weighted by atomic mass is 35.5. The molecule has 4 N–H and O–H groups in total. The maximum absolute atomic E-state index is 12.5. The Morgan fingerprint density at radius 1 is 0.925 bits per heavy atom. The number of halogens is 2. The Bertz CT molecular complexity index is 1280. The number of carbonyl (C=O) groups is 1. The van der Waals surface area contributed by atoms with Crippen molar-refractivity contribution in [2.24, 2.45) is 0 Å². The second kappa shape index (κ2) is 17.8. The summed E-state index contributed by atoms with van der Waals surface area (Å²) >= 11 is 0. The molecule has 220 valence electrons. The van der Waals surface area contributed by atoms with Crippen molar-refractivity contribution in [3.63, 3.8) is 0 Å². The first kappa shape index (κ1) is 35.2. The molecule has 0 saturated heterocycles. The van der Waals surface area contributed by atoms with E-state index >= 15 is 0 Å². The molecule has 3 aromatic rings. The van der Waals surface area contributed by atoms with Gasteiger partial charge in [0.05, 0.1) is 24.5 Å². The van der Waals surface area contributed by atoms with E-state index in [2.05, 4.69) is 10.6 Å². The average molecular weight is 615 g/mol. The monoisotopic (exact) mass is 613 g/mol. The van der Waals surface area contributed by atoms with Crippen LogP contribution in [0.4, 0.5) is 5.69 Å². The number of hydrogen-bond acceptors (Lipinski definition) is 8. The van der Waals surface area contributed by atoms with Gasteiger partial charge in [-0.1, -0.05) is 48.5 Å². The molecule has 0 aliphatic heterocycles. The van der Waals surface area contributed by atoms with Gasteiger partial charge in [0, 0.05) is 31.9 Å². The fourth-order valence-electron chi connectivity index (χ4n) is 3.71. The lowest BCUT2D eigenvalue weighted by Crippen LogP contribution is -2.30. The third-order valence-corrected chi connectivity index (χ3v) is 6.12. The van der Waals surface area contributed by atoms with E-state index in [1.807, 2.05) is 66.2 Å². The van der Waals surface area contributed by atoms with Gasteiger partial charge in [-0.25, -0.2) is 13.1 Å². The van der Waals surface area contributed by atoms with Crippen molar-refractivity contribution in [1.29, 1.82) is 0 Å². The van der Waals surface area contributed by atoms with Crippen LogP contribution in [0.1, 0.15) is 28.9 Å². The van der Waals surface area contributed by atoms with E-state index in [-0.39, 0.29) is 30.4 Å². The van der Waals surface area contributed by atoms with Gasteiger partial charge >= 0.3 is 0 Å². The Morgan fingerprint density at radius 2 is 1.60 bits per heavy atom. The molecule has 0 fully saturated rings. The molecule has 3 aromatic carbocycles. The van der Waals surface area contributed by atoms with Crippen LogP contribution in [0.25, 0.3) is 11.1 Å². The molecular formula is C28H37Cl2N3O6S. The van der Waals surface area contributed by atoms with Crippen LogP contribution in [0.2, 0.25) is 0 Å². The molecule has 0 heterocycles. The van der Waals surface area contributed by atoms with Crippen molar-refractivity contribution in [1.82, 2.24) is 10.0 Å². The Hall–Kier alpha value is -2.86. The van der Waals surface area contributed by atoms with Crippen molar-refractivity contribution in [3.05, 3.63) is 83.9 Å². The lowest BCUT2D eigenvalue weighted by Gasteiger charge is -2.14. The maximum Gasteiger partial charge on any atom is 0.266 e. The van der Waals surface area contributed by atoms with Crippen LogP contribution < -0.4 is 20.1 Å². The van der Waals surface area contributed by atoms with E-state index in [9.17, 15) is 18.3 Å². The fourth-order valence-corrected chi connectivity index (χ4v) is 4.16. The zero-order chi connectivity index (χ0) is 27.4. The van der Waals surface area contributed by atoms with E-state index in [4.69, 9.17) is 9.47 Å². The molecule has 3 rings (SSSR count). The first-order chi connectivity index (χ1) is 18.3. The number of rotatable bonds is 15. The average Bonchev–Trinajstić information content (AvgIpc) is 2.90. The second-order valence-electron chi connectivity index (χ2n) is 8.59. The number of aliphatic hydroxyl groups excluding tert-OH is 1. The highest BCUT2D eigenvalue weighted by molar-refractivity contribution is 7.89. The van der Waals surface area contributed by atoms with E-state index in [1.165, 1.54) is 0 Å². The van der Waals surface area contributed by atoms with Crippen LogP contribution in [0.3, 0.4) is 0 Å². The van der Waals surface area contributed by atoms with E-state index < -0.39 is 22.0 Å². The van der Waals surface area contributed by atoms with Crippen LogP contribution in [0.5, 0.6) is 5.75 Å². The van der Waals surface area contributed by atoms with Crippen molar-refractivity contribution in [2.75, 3.05) is 51.0 Å². The highest BCUT2D eigenvalue weighted by Crippen LogP contribution is 2.27. The first-order valence-electron chi connectivity index (χ1n) is 12.4. The van der Waals surface area contributed by atoms with Gasteiger partial charge < -0.3 is 25.2 Å². The molecule has 0 aromatic heterocycles. The van der Waals surface area contributed by atoms with Crippen LogP contribution in [-0.2, 0) is 14.8 Å². The second-order valence-corrected chi connectivity index (χ2v) is 10.3. The van der Waals surface area contributed by atoms with E-state index in [1.54, 1.807) is 18.2 Å². The molecule has 12 heteroatoms. The Kier molecular flexibility index (Phi) is 15.6. The lowest BCUT2D eigenvalue weighted by atomic mass is 10.0. The summed E-state index contributed by atoms with van der Waals surface area (Å²) in [7, 11) is -3.70. The third kappa shape index (κ3) is 11.7. The van der Waals surface area contributed by atoms with Gasteiger partial charge in [0.25, 0.3) is 5.91 Å². The Morgan fingerprint density at radius 3 is 2.25 bits per heavy atom. The minimum atomic E-state index is -3.70. The summed E-state index contributed by atoms with van der Waals surface area (Å²) in [5, 5.41) is 16.6. The molecule has 0 bridgehead atoms. The number of nitrogens with one attached hydrogen (secondary N) is 3. The van der Waals surface area contributed by atoms with Crippen LogP contribution in [0.15, 0.2) is 72.8 Å². The van der Waals surface area contributed by atoms with Crippen molar-refractivity contribution in [3.8, 4) is 16.9 Å². The van der Waals surface area contributed by atoms with Gasteiger partial charge in [-0.05, 0) is 47.9 Å². The number of sulfonamides is 1. The van der Waals surface area contributed by atoms with Gasteiger partial charge in [-0.2, -0.15) is 0 Å². The lowest BCUT2D eigenvalue weighted by molar-refractivity contribution is 0.0982. The SMILES string of the molecule is CCOCCNc1cc(-c2ccc(OCCNC[C@H](O)c3ccccc3)cc2)ccc1C(=O)NS(C)(=O)=O.Cl.Cl. The zero-order valence-corrected chi connectivity index (χ0v) is 24.9. The molecule has 0 spiro atoms. The van der Waals surface area contributed by atoms with Crippen LogP contribution in [0, 0.1) is 0 Å². The third-order valence-electron chi connectivity index (χ3n) is 5.57. The van der Waals surface area contributed by atoms with Gasteiger partial charge in [0.15, 0.2) is 0 Å². The number of hydrogen-bond donors (Lipinski definition) is 4. The number of carbonyl (C=O) groups excluding carboxylic acids is 1. The van der Waals surface area contributed by atoms with Gasteiger partial charge in [0.2, 0.25) is 10.0 Å². The summed E-state index contributed by atoms with van der Waals surface area (Å²) in [6.45, 7) is 4.83.